The molecule has 0 saturated carbocycles. The minimum atomic E-state index is -0.951. The Morgan fingerprint density at radius 3 is 2.79 bits per heavy atom. The van der Waals surface area contributed by atoms with Crippen molar-refractivity contribution in [2.24, 2.45) is 0 Å². The third kappa shape index (κ3) is 4.82. The molecular weight excluding hydrogens is 319 g/mol. The number of ether oxygens (including phenoxy) is 2. The molecule has 1 atom stereocenters. The van der Waals surface area contributed by atoms with Gasteiger partial charge in [-0.2, -0.15) is 0 Å². The van der Waals surface area contributed by atoms with Crippen molar-refractivity contribution in [2.75, 3.05) is 25.0 Å². The zero-order valence-corrected chi connectivity index (χ0v) is 13.8. The molecule has 0 aliphatic carbocycles. The fourth-order valence-electron chi connectivity index (χ4n) is 2.12. The summed E-state index contributed by atoms with van der Waals surface area (Å²) in [6, 6.07) is 3.31. The van der Waals surface area contributed by atoms with Crippen molar-refractivity contribution in [3.63, 3.8) is 0 Å². The molecule has 2 amide bonds. The molecule has 0 bridgehead atoms. The highest BCUT2D eigenvalue weighted by Crippen LogP contribution is 2.21. The van der Waals surface area contributed by atoms with Gasteiger partial charge in [-0.25, -0.2) is 9.18 Å². The molecule has 1 aliphatic rings. The Kier molecular flexibility index (Phi) is 5.28. The van der Waals surface area contributed by atoms with Crippen molar-refractivity contribution >= 4 is 17.7 Å². The summed E-state index contributed by atoms with van der Waals surface area (Å²) in [4.78, 5) is 25.7. The van der Waals surface area contributed by atoms with Gasteiger partial charge in [-0.1, -0.05) is 0 Å². The van der Waals surface area contributed by atoms with Gasteiger partial charge in [-0.15, -0.1) is 0 Å². The second kappa shape index (κ2) is 7.04. The number of rotatable bonds is 2. The number of phenols is 1. The number of nitrogens with one attached hydrogen (secondary N) is 1. The monoisotopic (exact) mass is 340 g/mol. The Bertz CT molecular complexity index is 629. The topological polar surface area (TPSA) is 88.1 Å². The average molecular weight is 340 g/mol. The minimum absolute atomic E-state index is 0.00117. The van der Waals surface area contributed by atoms with Crippen LogP contribution >= 0.6 is 0 Å². The maximum atomic E-state index is 13.6. The highest BCUT2D eigenvalue weighted by atomic mass is 19.1. The number of morpholine rings is 1. The minimum Gasteiger partial charge on any atom is -0.508 e. The first-order chi connectivity index (χ1) is 11.2. The summed E-state index contributed by atoms with van der Waals surface area (Å²) in [6.07, 6.45) is -1.49. The van der Waals surface area contributed by atoms with Crippen molar-refractivity contribution in [3.8, 4) is 5.75 Å². The van der Waals surface area contributed by atoms with E-state index in [-0.39, 0.29) is 24.6 Å². The van der Waals surface area contributed by atoms with E-state index in [9.17, 15) is 19.1 Å². The summed E-state index contributed by atoms with van der Waals surface area (Å²) < 4.78 is 24.2. The van der Waals surface area contributed by atoms with Crippen molar-refractivity contribution < 1.29 is 28.6 Å². The number of hydrogen-bond acceptors (Lipinski definition) is 5. The summed E-state index contributed by atoms with van der Waals surface area (Å²) in [5, 5.41) is 11.7. The van der Waals surface area contributed by atoms with Crippen LogP contribution in [0, 0.1) is 5.82 Å². The predicted octanol–water partition coefficient (Wildman–Crippen LogP) is 2.11. The zero-order valence-electron chi connectivity index (χ0n) is 13.8. The molecule has 1 saturated heterocycles. The number of nitrogens with zero attached hydrogens (tertiary/aromatic N) is 1. The van der Waals surface area contributed by atoms with Crippen LogP contribution in [0.25, 0.3) is 0 Å². The second-order valence-corrected chi connectivity index (χ2v) is 6.44. The number of hydrogen-bond donors (Lipinski definition) is 2. The number of carbonyl (C=O) groups excluding carboxylic acids is 2. The summed E-state index contributed by atoms with van der Waals surface area (Å²) >= 11 is 0. The van der Waals surface area contributed by atoms with E-state index in [1.54, 1.807) is 20.8 Å². The average Bonchev–Trinajstić information content (AvgIpc) is 2.49. The SMILES string of the molecule is CC(C)(C)OC(=O)N1CCO[C@@H](C(=O)Nc2cc(O)ccc2F)C1. The van der Waals surface area contributed by atoms with Crippen LogP contribution in [0.2, 0.25) is 0 Å². The molecule has 7 nitrogen and oxygen atoms in total. The third-order valence-corrected chi connectivity index (χ3v) is 3.22. The third-order valence-electron chi connectivity index (χ3n) is 3.22. The smallest absolute Gasteiger partial charge is 0.410 e. The van der Waals surface area contributed by atoms with E-state index in [1.165, 1.54) is 11.0 Å². The second-order valence-electron chi connectivity index (χ2n) is 6.44. The number of halogens is 1. The Morgan fingerprint density at radius 2 is 2.12 bits per heavy atom. The fraction of sp³-hybridized carbons (Fsp3) is 0.500. The van der Waals surface area contributed by atoms with Crippen LogP contribution in [0.5, 0.6) is 5.75 Å². The molecule has 1 aliphatic heterocycles. The van der Waals surface area contributed by atoms with Gasteiger partial charge >= 0.3 is 6.09 Å². The van der Waals surface area contributed by atoms with Gasteiger partial charge in [0.25, 0.3) is 5.91 Å². The number of amides is 2. The van der Waals surface area contributed by atoms with Crippen molar-refractivity contribution in [1.29, 1.82) is 0 Å². The lowest BCUT2D eigenvalue weighted by atomic mass is 10.2. The van der Waals surface area contributed by atoms with E-state index in [4.69, 9.17) is 9.47 Å². The van der Waals surface area contributed by atoms with Crippen LogP contribution in [0.1, 0.15) is 20.8 Å². The summed E-state index contributed by atoms with van der Waals surface area (Å²) in [5.74, 6) is -1.46. The molecule has 1 aromatic carbocycles. The summed E-state index contributed by atoms with van der Waals surface area (Å²) in [5.41, 5.74) is -0.796. The van der Waals surface area contributed by atoms with Crippen LogP contribution in [0.3, 0.4) is 0 Å². The Balaban J connectivity index is 2.00. The highest BCUT2D eigenvalue weighted by molar-refractivity contribution is 5.95. The first kappa shape index (κ1) is 18.0. The Labute approximate surface area is 139 Å². The van der Waals surface area contributed by atoms with Gasteiger partial charge in [0, 0.05) is 12.6 Å². The van der Waals surface area contributed by atoms with E-state index in [2.05, 4.69) is 5.32 Å². The maximum absolute atomic E-state index is 13.6. The van der Waals surface area contributed by atoms with Crippen LogP contribution in [-0.2, 0) is 14.3 Å². The summed E-state index contributed by atoms with van der Waals surface area (Å²) in [7, 11) is 0. The van der Waals surface area contributed by atoms with Crippen LogP contribution in [0.15, 0.2) is 18.2 Å². The standard InChI is InChI=1S/C16H21FN2O5/c1-16(2,3)24-15(22)19-6-7-23-13(9-19)14(21)18-12-8-10(20)4-5-11(12)17/h4-5,8,13,20H,6-7,9H2,1-3H3,(H,18,21)/t13-/m1/s1. The Morgan fingerprint density at radius 1 is 1.42 bits per heavy atom. The number of aromatic hydroxyl groups is 1. The van der Waals surface area contributed by atoms with Crippen molar-refractivity contribution in [2.45, 2.75) is 32.5 Å². The normalized spacial score (nSPS) is 18.2. The van der Waals surface area contributed by atoms with E-state index >= 15 is 0 Å². The number of anilines is 1. The van der Waals surface area contributed by atoms with Gasteiger partial charge in [0.05, 0.1) is 18.8 Å². The van der Waals surface area contributed by atoms with E-state index in [0.717, 1.165) is 12.1 Å². The van der Waals surface area contributed by atoms with Gasteiger partial charge in [0.15, 0.2) is 6.10 Å². The van der Waals surface area contributed by atoms with Gasteiger partial charge in [0.2, 0.25) is 0 Å². The number of phenolic OH excluding ortho intramolecular Hbond substituents is 1. The first-order valence-corrected chi connectivity index (χ1v) is 7.54. The molecule has 1 fully saturated rings. The largest absolute Gasteiger partial charge is 0.508 e. The van der Waals surface area contributed by atoms with Crippen molar-refractivity contribution in [1.82, 2.24) is 4.90 Å². The number of benzene rings is 1. The molecule has 1 heterocycles. The Hall–Kier alpha value is -2.35. The predicted molar refractivity (Wildman–Crippen MR) is 84.2 cm³/mol. The molecule has 0 unspecified atom stereocenters. The molecule has 132 valence electrons. The molecule has 0 spiro atoms. The molecule has 24 heavy (non-hydrogen) atoms. The molecular formula is C16H21FN2O5. The molecule has 8 heteroatoms. The van der Waals surface area contributed by atoms with E-state index in [1.807, 2.05) is 0 Å². The fourth-order valence-corrected chi connectivity index (χ4v) is 2.12. The van der Waals surface area contributed by atoms with Gasteiger partial charge < -0.3 is 24.8 Å². The van der Waals surface area contributed by atoms with Crippen molar-refractivity contribution in [3.05, 3.63) is 24.0 Å². The molecule has 0 aromatic heterocycles. The van der Waals surface area contributed by atoms with Crippen LogP contribution in [0.4, 0.5) is 14.9 Å². The van der Waals surface area contributed by atoms with Crippen LogP contribution < -0.4 is 5.32 Å². The highest BCUT2D eigenvalue weighted by Gasteiger charge is 2.32. The van der Waals surface area contributed by atoms with Crippen LogP contribution in [-0.4, -0.2) is 53.4 Å². The zero-order chi connectivity index (χ0) is 17.9. The molecule has 0 radical (unpaired) electrons. The molecule has 2 N–H and O–H groups in total. The first-order valence-electron chi connectivity index (χ1n) is 7.54. The molecule has 1 aromatic rings. The van der Waals surface area contributed by atoms with Gasteiger partial charge in [-0.3, -0.25) is 4.79 Å². The van der Waals surface area contributed by atoms with E-state index in [0.29, 0.717) is 6.54 Å². The lowest BCUT2D eigenvalue weighted by molar-refractivity contribution is -0.132. The number of carbonyl (C=O) groups is 2. The van der Waals surface area contributed by atoms with Gasteiger partial charge in [-0.05, 0) is 32.9 Å². The lowest BCUT2D eigenvalue weighted by Gasteiger charge is -2.33. The molecule has 2 rings (SSSR count). The summed E-state index contributed by atoms with van der Waals surface area (Å²) in [6.45, 7) is 5.72. The van der Waals surface area contributed by atoms with E-state index < -0.39 is 29.5 Å². The quantitative estimate of drug-likeness (QED) is 0.861. The lowest BCUT2D eigenvalue weighted by Crippen LogP contribution is -2.51. The maximum Gasteiger partial charge on any atom is 0.410 e. The van der Waals surface area contributed by atoms with Gasteiger partial charge in [0.1, 0.15) is 17.2 Å².